The molecule has 2 N–H and O–H groups in total. The fourth-order valence-corrected chi connectivity index (χ4v) is 3.08. The van der Waals surface area contributed by atoms with Crippen molar-refractivity contribution < 1.29 is 26.0 Å². The molecular weight excluding hydrogens is 300 g/mol. The summed E-state index contributed by atoms with van der Waals surface area (Å²) in [5.41, 5.74) is 4.93. The Kier molecular flexibility index (Phi) is 4.98. The first-order valence-corrected chi connectivity index (χ1v) is 7.14. The second-order valence-electron chi connectivity index (χ2n) is 4.14. The minimum Gasteiger partial charge on any atom is -0.396 e. The van der Waals surface area contributed by atoms with Gasteiger partial charge in [0, 0.05) is 6.54 Å². The average molecular weight is 314 g/mol. The lowest BCUT2D eigenvalue weighted by Gasteiger charge is -2.23. The monoisotopic (exact) mass is 314 g/mol. The number of nitrogens with zero attached hydrogens (tertiary/aromatic N) is 1. The smallest absolute Gasteiger partial charge is 0.396 e. The van der Waals surface area contributed by atoms with Crippen molar-refractivity contribution in [3.05, 3.63) is 24.0 Å². The zero-order chi connectivity index (χ0) is 15.6. The predicted molar refractivity (Wildman–Crippen MR) is 65.9 cm³/mol. The molecule has 4 nitrogen and oxygen atoms in total. The normalized spacial score (nSPS) is 12.9. The fourth-order valence-electron chi connectivity index (χ4n) is 1.55. The Hall–Kier alpha value is -1.35. The van der Waals surface area contributed by atoms with Crippen molar-refractivity contribution in [1.82, 2.24) is 4.31 Å². The van der Waals surface area contributed by atoms with Crippen LogP contribution in [0.15, 0.2) is 23.1 Å². The van der Waals surface area contributed by atoms with Gasteiger partial charge >= 0.3 is 6.18 Å². The van der Waals surface area contributed by atoms with Crippen LogP contribution < -0.4 is 5.73 Å². The largest absolute Gasteiger partial charge is 0.402 e. The van der Waals surface area contributed by atoms with Crippen molar-refractivity contribution >= 4 is 15.7 Å². The van der Waals surface area contributed by atoms with Gasteiger partial charge in [-0.3, -0.25) is 0 Å². The molecule has 114 valence electrons. The van der Waals surface area contributed by atoms with Crippen LogP contribution in [0.3, 0.4) is 0 Å². The second-order valence-corrected chi connectivity index (χ2v) is 6.08. The maximum Gasteiger partial charge on any atom is 0.402 e. The zero-order valence-corrected chi connectivity index (χ0v) is 11.4. The van der Waals surface area contributed by atoms with Crippen LogP contribution in [0.4, 0.5) is 23.2 Å². The van der Waals surface area contributed by atoms with Crippen molar-refractivity contribution in [2.75, 3.05) is 18.8 Å². The topological polar surface area (TPSA) is 63.4 Å². The molecule has 1 aromatic carbocycles. The second kappa shape index (κ2) is 5.96. The van der Waals surface area contributed by atoms with Crippen LogP contribution in [0.5, 0.6) is 0 Å². The van der Waals surface area contributed by atoms with Gasteiger partial charge in [0.05, 0.1) is 10.6 Å². The quantitative estimate of drug-likeness (QED) is 0.670. The third-order valence-corrected chi connectivity index (χ3v) is 4.28. The van der Waals surface area contributed by atoms with Crippen LogP contribution in [-0.4, -0.2) is 32.0 Å². The number of anilines is 1. The first-order chi connectivity index (χ1) is 9.08. The first-order valence-electron chi connectivity index (χ1n) is 5.70. The number of sulfonamides is 1. The van der Waals surface area contributed by atoms with Gasteiger partial charge in [0.1, 0.15) is 12.4 Å². The fraction of sp³-hybridized carbons (Fsp3) is 0.455. The molecule has 0 aliphatic carbocycles. The molecule has 0 saturated carbocycles. The minimum absolute atomic E-state index is 0.201. The van der Waals surface area contributed by atoms with Gasteiger partial charge in [0.2, 0.25) is 10.0 Å². The third kappa shape index (κ3) is 4.07. The van der Waals surface area contributed by atoms with E-state index < -0.39 is 33.5 Å². The van der Waals surface area contributed by atoms with Gasteiger partial charge in [-0.15, -0.1) is 0 Å². The molecule has 9 heteroatoms. The minimum atomic E-state index is -4.67. The van der Waals surface area contributed by atoms with E-state index >= 15 is 0 Å². The predicted octanol–water partition coefficient (Wildman–Crippen LogP) is 2.37. The lowest BCUT2D eigenvalue weighted by atomic mass is 10.3. The number of hydrogen-bond donors (Lipinski definition) is 1. The van der Waals surface area contributed by atoms with Gasteiger partial charge in [-0.1, -0.05) is 6.92 Å². The summed E-state index contributed by atoms with van der Waals surface area (Å²) in [5, 5.41) is 0. The highest BCUT2D eigenvalue weighted by atomic mass is 32.2. The van der Waals surface area contributed by atoms with E-state index in [4.69, 9.17) is 5.73 Å². The van der Waals surface area contributed by atoms with Crippen molar-refractivity contribution in [2.24, 2.45) is 0 Å². The number of halogens is 4. The van der Waals surface area contributed by atoms with Crippen LogP contribution in [0.2, 0.25) is 0 Å². The molecular formula is C11H14F4N2O2S. The van der Waals surface area contributed by atoms with Crippen LogP contribution in [0.25, 0.3) is 0 Å². The Labute approximate surface area is 114 Å². The van der Waals surface area contributed by atoms with Gasteiger partial charge in [-0.2, -0.15) is 17.5 Å². The maximum atomic E-state index is 13.3. The molecule has 20 heavy (non-hydrogen) atoms. The van der Waals surface area contributed by atoms with Crippen molar-refractivity contribution in [2.45, 2.75) is 24.4 Å². The number of nitrogen functional groups attached to an aromatic ring is 1. The zero-order valence-electron chi connectivity index (χ0n) is 10.6. The Morgan fingerprint density at radius 2 is 1.90 bits per heavy atom. The van der Waals surface area contributed by atoms with Gasteiger partial charge in [0.25, 0.3) is 0 Å². The number of alkyl halides is 3. The summed E-state index contributed by atoms with van der Waals surface area (Å²) >= 11 is 0. The maximum absolute atomic E-state index is 13.3. The number of hydrogen-bond acceptors (Lipinski definition) is 3. The molecule has 0 aliphatic rings. The van der Waals surface area contributed by atoms with E-state index in [1.54, 1.807) is 6.92 Å². The molecule has 0 saturated heterocycles. The molecule has 1 aromatic rings. The van der Waals surface area contributed by atoms with E-state index in [1.807, 2.05) is 0 Å². The van der Waals surface area contributed by atoms with E-state index in [0.717, 1.165) is 12.1 Å². The summed E-state index contributed by atoms with van der Waals surface area (Å²) in [6.07, 6.45) is -4.47. The molecule has 0 bridgehead atoms. The molecule has 1 rings (SSSR count). The van der Waals surface area contributed by atoms with E-state index in [-0.39, 0.29) is 23.0 Å². The summed E-state index contributed by atoms with van der Waals surface area (Å²) in [7, 11) is -4.42. The van der Waals surface area contributed by atoms with Crippen LogP contribution >= 0.6 is 0 Å². The SMILES string of the molecule is CCCN(CC(F)(F)F)S(=O)(=O)c1ccc(N)c(F)c1. The molecule has 0 aromatic heterocycles. The van der Waals surface area contributed by atoms with Crippen LogP contribution in [0.1, 0.15) is 13.3 Å². The average Bonchev–Trinajstić information content (AvgIpc) is 2.30. The summed E-state index contributed by atoms with van der Waals surface area (Å²) in [5.74, 6) is -0.991. The van der Waals surface area contributed by atoms with Crippen LogP contribution in [-0.2, 0) is 10.0 Å². The number of rotatable bonds is 5. The molecule has 0 unspecified atom stereocenters. The first kappa shape index (κ1) is 16.7. The lowest BCUT2D eigenvalue weighted by molar-refractivity contribution is -0.136. The van der Waals surface area contributed by atoms with Crippen molar-refractivity contribution in [1.29, 1.82) is 0 Å². The molecule has 0 amide bonds. The highest BCUT2D eigenvalue weighted by molar-refractivity contribution is 7.89. The standard InChI is InChI=1S/C11H14F4N2O2S/c1-2-5-17(7-11(13,14)15)20(18,19)8-3-4-10(16)9(12)6-8/h3-4,6H,2,5,7,16H2,1H3. The third-order valence-electron chi connectivity index (χ3n) is 2.44. The van der Waals surface area contributed by atoms with E-state index in [0.29, 0.717) is 6.07 Å². The Bertz CT molecular complexity index is 572. The van der Waals surface area contributed by atoms with E-state index in [9.17, 15) is 26.0 Å². The van der Waals surface area contributed by atoms with Crippen LogP contribution in [0, 0.1) is 5.82 Å². The lowest BCUT2D eigenvalue weighted by Crippen LogP contribution is -2.39. The van der Waals surface area contributed by atoms with Gasteiger partial charge in [-0.05, 0) is 24.6 Å². The summed E-state index contributed by atoms with van der Waals surface area (Å²) in [6, 6.07) is 2.59. The molecule has 0 aliphatic heterocycles. The summed E-state index contributed by atoms with van der Waals surface area (Å²) in [4.78, 5) is -0.554. The van der Waals surface area contributed by atoms with Crippen molar-refractivity contribution in [3.8, 4) is 0 Å². The molecule has 0 heterocycles. The van der Waals surface area contributed by atoms with E-state index in [2.05, 4.69) is 0 Å². The van der Waals surface area contributed by atoms with Crippen molar-refractivity contribution in [3.63, 3.8) is 0 Å². The van der Waals surface area contributed by atoms with Gasteiger partial charge < -0.3 is 5.73 Å². The van der Waals surface area contributed by atoms with Gasteiger partial charge in [0.15, 0.2) is 0 Å². The summed E-state index contributed by atoms with van der Waals surface area (Å²) in [6.45, 7) is -0.383. The number of benzene rings is 1. The summed E-state index contributed by atoms with van der Waals surface area (Å²) < 4.78 is 75.0. The molecule has 0 spiro atoms. The van der Waals surface area contributed by atoms with Gasteiger partial charge in [-0.25, -0.2) is 12.8 Å². The molecule has 0 radical (unpaired) electrons. The Morgan fingerprint density at radius 1 is 1.30 bits per heavy atom. The highest BCUT2D eigenvalue weighted by Crippen LogP contribution is 2.24. The molecule has 0 fully saturated rings. The highest BCUT2D eigenvalue weighted by Gasteiger charge is 2.36. The van der Waals surface area contributed by atoms with E-state index in [1.165, 1.54) is 0 Å². The molecule has 0 atom stereocenters. The Morgan fingerprint density at radius 3 is 2.35 bits per heavy atom. The Balaban J connectivity index is 3.18. The number of nitrogens with two attached hydrogens (primary N) is 1.